The summed E-state index contributed by atoms with van der Waals surface area (Å²) in [6.45, 7) is 4.17. The summed E-state index contributed by atoms with van der Waals surface area (Å²) >= 11 is 1.52. The standard InChI is InChI=1S/C17H25N3O3S/c1-2-23-17(22)15-12-4-3-5-13(12)24-16(15)19-14(21)10-20-8-6-11(18)7-9-20/h11H,2-10,18H2,1H3,(H,19,21). The van der Waals surface area contributed by atoms with E-state index in [1.807, 2.05) is 0 Å². The molecule has 0 bridgehead atoms. The van der Waals surface area contributed by atoms with Gasteiger partial charge < -0.3 is 15.8 Å². The lowest BCUT2D eigenvalue weighted by molar-refractivity contribution is -0.117. The molecule has 2 aliphatic rings. The smallest absolute Gasteiger partial charge is 0.341 e. The van der Waals surface area contributed by atoms with Crippen LogP contribution in [0.3, 0.4) is 0 Å². The van der Waals surface area contributed by atoms with Crippen molar-refractivity contribution in [2.45, 2.75) is 45.1 Å². The van der Waals surface area contributed by atoms with Gasteiger partial charge in [0.1, 0.15) is 5.00 Å². The Hall–Kier alpha value is -1.44. The lowest BCUT2D eigenvalue weighted by Gasteiger charge is -2.29. The van der Waals surface area contributed by atoms with E-state index in [0.29, 0.717) is 23.7 Å². The van der Waals surface area contributed by atoms with E-state index in [0.717, 1.165) is 50.8 Å². The van der Waals surface area contributed by atoms with Crippen molar-refractivity contribution >= 4 is 28.2 Å². The quantitative estimate of drug-likeness (QED) is 0.790. The van der Waals surface area contributed by atoms with E-state index in [2.05, 4.69) is 10.2 Å². The second-order valence-electron chi connectivity index (χ2n) is 6.44. The molecule has 0 radical (unpaired) electrons. The van der Waals surface area contributed by atoms with Crippen LogP contribution < -0.4 is 11.1 Å². The number of esters is 1. The maximum Gasteiger partial charge on any atom is 0.341 e. The second kappa shape index (κ2) is 7.63. The summed E-state index contributed by atoms with van der Waals surface area (Å²) in [7, 11) is 0. The third-order valence-electron chi connectivity index (χ3n) is 4.65. The van der Waals surface area contributed by atoms with Crippen LogP contribution >= 0.6 is 11.3 Å². The molecule has 7 heteroatoms. The van der Waals surface area contributed by atoms with Gasteiger partial charge in [0.05, 0.1) is 18.7 Å². The molecule has 0 spiro atoms. The molecule has 132 valence electrons. The lowest BCUT2D eigenvalue weighted by atomic mass is 10.1. The number of likely N-dealkylation sites (tertiary alicyclic amines) is 1. The molecule has 1 saturated heterocycles. The van der Waals surface area contributed by atoms with Gasteiger partial charge in [-0.3, -0.25) is 9.69 Å². The van der Waals surface area contributed by atoms with Gasteiger partial charge in [0.2, 0.25) is 5.91 Å². The van der Waals surface area contributed by atoms with Crippen molar-refractivity contribution < 1.29 is 14.3 Å². The van der Waals surface area contributed by atoms with E-state index < -0.39 is 0 Å². The summed E-state index contributed by atoms with van der Waals surface area (Å²) in [4.78, 5) is 28.0. The Balaban J connectivity index is 1.68. The minimum atomic E-state index is -0.323. The fourth-order valence-electron chi connectivity index (χ4n) is 3.39. The highest BCUT2D eigenvalue weighted by Gasteiger charge is 2.28. The van der Waals surface area contributed by atoms with Crippen LogP contribution in [0.1, 0.15) is 47.0 Å². The molecule has 1 aromatic rings. The Morgan fingerprint density at radius 1 is 1.33 bits per heavy atom. The molecule has 3 rings (SSSR count). The van der Waals surface area contributed by atoms with Crippen molar-refractivity contribution in [3.63, 3.8) is 0 Å². The van der Waals surface area contributed by atoms with E-state index in [9.17, 15) is 9.59 Å². The number of hydrogen-bond acceptors (Lipinski definition) is 6. The van der Waals surface area contributed by atoms with Crippen molar-refractivity contribution in [2.75, 3.05) is 31.6 Å². The van der Waals surface area contributed by atoms with Crippen LogP contribution in [0.5, 0.6) is 0 Å². The summed E-state index contributed by atoms with van der Waals surface area (Å²) < 4.78 is 5.19. The van der Waals surface area contributed by atoms with Crippen LogP contribution in [-0.4, -0.2) is 49.1 Å². The Bertz CT molecular complexity index is 621. The largest absolute Gasteiger partial charge is 0.462 e. The molecule has 1 aliphatic carbocycles. The van der Waals surface area contributed by atoms with Gasteiger partial charge in [-0.2, -0.15) is 0 Å². The summed E-state index contributed by atoms with van der Waals surface area (Å²) in [6, 6.07) is 0.250. The maximum atomic E-state index is 12.4. The van der Waals surface area contributed by atoms with E-state index in [1.165, 1.54) is 16.2 Å². The Kier molecular flexibility index (Phi) is 5.53. The molecule has 0 saturated carbocycles. The third-order valence-corrected chi connectivity index (χ3v) is 5.86. The molecule has 1 aromatic heterocycles. The summed E-state index contributed by atoms with van der Waals surface area (Å²) in [5.74, 6) is -0.396. The number of rotatable bonds is 5. The number of thiophene rings is 1. The number of nitrogens with two attached hydrogens (primary N) is 1. The summed E-state index contributed by atoms with van der Waals surface area (Å²) in [5.41, 5.74) is 7.54. The minimum absolute atomic E-state index is 0.0732. The zero-order chi connectivity index (χ0) is 17.1. The Morgan fingerprint density at radius 3 is 2.79 bits per heavy atom. The molecular formula is C17H25N3O3S. The number of aryl methyl sites for hydroxylation is 1. The highest BCUT2D eigenvalue weighted by atomic mass is 32.1. The first-order chi connectivity index (χ1) is 11.6. The highest BCUT2D eigenvalue weighted by Crippen LogP contribution is 2.39. The predicted molar refractivity (Wildman–Crippen MR) is 94.6 cm³/mol. The van der Waals surface area contributed by atoms with Gasteiger partial charge in [0, 0.05) is 24.0 Å². The van der Waals surface area contributed by atoms with E-state index in [4.69, 9.17) is 10.5 Å². The molecule has 0 unspecified atom stereocenters. The number of nitrogens with one attached hydrogen (secondary N) is 1. The number of carbonyl (C=O) groups excluding carboxylic acids is 2. The number of ether oxygens (including phenoxy) is 1. The van der Waals surface area contributed by atoms with Crippen LogP contribution in [0.15, 0.2) is 0 Å². The molecule has 1 aliphatic heterocycles. The van der Waals surface area contributed by atoms with Gasteiger partial charge in [-0.1, -0.05) is 0 Å². The summed E-state index contributed by atoms with van der Waals surface area (Å²) in [5, 5.41) is 3.59. The highest BCUT2D eigenvalue weighted by molar-refractivity contribution is 7.17. The van der Waals surface area contributed by atoms with Gasteiger partial charge in [0.15, 0.2) is 0 Å². The summed E-state index contributed by atoms with van der Waals surface area (Å²) in [6.07, 6.45) is 4.78. The molecule has 24 heavy (non-hydrogen) atoms. The zero-order valence-corrected chi connectivity index (χ0v) is 14.9. The molecule has 1 fully saturated rings. The van der Waals surface area contributed by atoms with Crippen molar-refractivity contribution in [2.24, 2.45) is 5.73 Å². The number of fused-ring (bicyclic) bond motifs is 1. The Labute approximate surface area is 146 Å². The number of anilines is 1. The van der Waals surface area contributed by atoms with Crippen LogP contribution in [-0.2, 0) is 22.4 Å². The third kappa shape index (κ3) is 3.79. The van der Waals surface area contributed by atoms with Crippen molar-refractivity contribution in [3.8, 4) is 0 Å². The first kappa shape index (κ1) is 17.4. The number of piperidine rings is 1. The SMILES string of the molecule is CCOC(=O)c1c(NC(=O)CN2CCC(N)CC2)sc2c1CCC2. The van der Waals surface area contributed by atoms with Gasteiger partial charge in [-0.15, -0.1) is 11.3 Å². The molecule has 2 heterocycles. The first-order valence-corrected chi connectivity index (χ1v) is 9.49. The molecule has 0 atom stereocenters. The van der Waals surface area contributed by atoms with Crippen molar-refractivity contribution in [1.82, 2.24) is 4.90 Å². The van der Waals surface area contributed by atoms with Crippen LogP contribution in [0.2, 0.25) is 0 Å². The molecule has 1 amide bonds. The van der Waals surface area contributed by atoms with Gasteiger partial charge in [0.25, 0.3) is 0 Å². The normalized spacial score (nSPS) is 18.4. The first-order valence-electron chi connectivity index (χ1n) is 8.68. The minimum Gasteiger partial charge on any atom is -0.462 e. The average Bonchev–Trinajstić information content (AvgIpc) is 3.10. The number of carbonyl (C=O) groups is 2. The van der Waals surface area contributed by atoms with Gasteiger partial charge in [-0.25, -0.2) is 4.79 Å². The Morgan fingerprint density at radius 2 is 2.08 bits per heavy atom. The fraction of sp³-hybridized carbons (Fsp3) is 0.647. The van der Waals surface area contributed by atoms with E-state index in [1.54, 1.807) is 6.92 Å². The van der Waals surface area contributed by atoms with Gasteiger partial charge in [-0.05, 0) is 44.6 Å². The fourth-order valence-corrected chi connectivity index (χ4v) is 4.69. The van der Waals surface area contributed by atoms with E-state index >= 15 is 0 Å². The van der Waals surface area contributed by atoms with Gasteiger partial charge >= 0.3 is 5.97 Å². The van der Waals surface area contributed by atoms with E-state index in [-0.39, 0.29) is 17.9 Å². The lowest BCUT2D eigenvalue weighted by Crippen LogP contribution is -2.43. The monoisotopic (exact) mass is 351 g/mol. The van der Waals surface area contributed by atoms with Crippen molar-refractivity contribution in [1.29, 1.82) is 0 Å². The van der Waals surface area contributed by atoms with Crippen LogP contribution in [0, 0.1) is 0 Å². The van der Waals surface area contributed by atoms with Crippen LogP contribution in [0.25, 0.3) is 0 Å². The second-order valence-corrected chi connectivity index (χ2v) is 7.55. The topological polar surface area (TPSA) is 84.7 Å². The number of hydrogen-bond donors (Lipinski definition) is 2. The zero-order valence-electron chi connectivity index (χ0n) is 14.1. The average molecular weight is 351 g/mol. The number of nitrogens with zero attached hydrogens (tertiary/aromatic N) is 1. The van der Waals surface area contributed by atoms with Crippen LogP contribution in [0.4, 0.5) is 5.00 Å². The predicted octanol–water partition coefficient (Wildman–Crippen LogP) is 1.78. The molecule has 0 aromatic carbocycles. The van der Waals surface area contributed by atoms with Crippen molar-refractivity contribution in [3.05, 3.63) is 16.0 Å². The molecular weight excluding hydrogens is 326 g/mol. The molecule has 6 nitrogen and oxygen atoms in total. The maximum absolute atomic E-state index is 12.4. The molecule has 3 N–H and O–H groups in total. The number of amides is 1.